The van der Waals surface area contributed by atoms with E-state index in [-0.39, 0.29) is 12.4 Å². The average molecular weight is 582 g/mol. The van der Waals surface area contributed by atoms with Gasteiger partial charge >= 0.3 is 0 Å². The highest BCUT2D eigenvalue weighted by Gasteiger charge is 2.13. The molecule has 0 radical (unpaired) electrons. The van der Waals surface area contributed by atoms with Crippen LogP contribution >= 0.6 is 0 Å². The number of halogens is 1. The zero-order valence-electron chi connectivity index (χ0n) is 28.3. The van der Waals surface area contributed by atoms with Crippen LogP contribution in [0.15, 0.2) is 24.3 Å². The van der Waals surface area contributed by atoms with Crippen molar-refractivity contribution in [3.8, 4) is 0 Å². The SMILES string of the molecule is CCCCCCCC/C=C/CCCCCCCC[N+](C)(C)CCCCCCCC/C=C/CCCCCCCC.[Cl-]. The molecule has 0 N–H and O–H groups in total. The number of allylic oxidation sites excluding steroid dienone is 4. The molecule has 2 heteroatoms. The van der Waals surface area contributed by atoms with Gasteiger partial charge in [0.05, 0.1) is 27.2 Å². The van der Waals surface area contributed by atoms with Gasteiger partial charge in [-0.2, -0.15) is 0 Å². The first kappa shape index (κ1) is 41.9. The summed E-state index contributed by atoms with van der Waals surface area (Å²) in [5.41, 5.74) is 0. The van der Waals surface area contributed by atoms with Crippen molar-refractivity contribution in [3.63, 3.8) is 0 Å². The number of quaternary nitrogens is 1. The minimum absolute atomic E-state index is 0. The van der Waals surface area contributed by atoms with Crippen molar-refractivity contribution in [1.29, 1.82) is 0 Å². The molecule has 0 atom stereocenters. The fourth-order valence-corrected chi connectivity index (χ4v) is 5.69. The van der Waals surface area contributed by atoms with Crippen molar-refractivity contribution in [2.45, 2.75) is 194 Å². The van der Waals surface area contributed by atoms with Crippen LogP contribution < -0.4 is 12.4 Å². The molecule has 0 spiro atoms. The maximum Gasteiger partial charge on any atom is 0.0782 e. The zero-order valence-corrected chi connectivity index (χ0v) is 29.1. The molecule has 0 aromatic carbocycles. The second-order valence-electron chi connectivity index (χ2n) is 13.3. The number of nitrogens with zero attached hydrogens (tertiary/aromatic N) is 1. The summed E-state index contributed by atoms with van der Waals surface area (Å²) < 4.78 is 1.23. The van der Waals surface area contributed by atoms with Crippen molar-refractivity contribution in [2.75, 3.05) is 27.2 Å². The molecule has 0 saturated carbocycles. The Morgan fingerprint density at radius 2 is 0.550 bits per heavy atom. The van der Waals surface area contributed by atoms with Gasteiger partial charge < -0.3 is 16.9 Å². The first-order chi connectivity index (χ1) is 19.1. The molecule has 0 aliphatic heterocycles. The van der Waals surface area contributed by atoms with Crippen molar-refractivity contribution >= 4 is 0 Å². The lowest BCUT2D eigenvalue weighted by Crippen LogP contribution is -3.00. The highest BCUT2D eigenvalue weighted by atomic mass is 35.5. The molecule has 0 saturated heterocycles. The molecule has 0 bridgehead atoms. The largest absolute Gasteiger partial charge is 1.00 e. The monoisotopic (exact) mass is 582 g/mol. The van der Waals surface area contributed by atoms with Crippen LogP contribution in [0.4, 0.5) is 0 Å². The molecule has 40 heavy (non-hydrogen) atoms. The fourth-order valence-electron chi connectivity index (χ4n) is 5.69. The lowest BCUT2D eigenvalue weighted by atomic mass is 10.1. The van der Waals surface area contributed by atoms with E-state index in [0.717, 1.165) is 0 Å². The quantitative estimate of drug-likeness (QED) is 0.0421. The number of unbranched alkanes of at least 4 members (excludes halogenated alkanes) is 24. The molecule has 0 aromatic heterocycles. The van der Waals surface area contributed by atoms with Crippen LogP contribution in [0.5, 0.6) is 0 Å². The van der Waals surface area contributed by atoms with E-state index < -0.39 is 0 Å². The van der Waals surface area contributed by atoms with Crippen molar-refractivity contribution < 1.29 is 16.9 Å². The molecule has 0 aliphatic rings. The number of hydrogen-bond donors (Lipinski definition) is 0. The van der Waals surface area contributed by atoms with Crippen LogP contribution in [0, 0.1) is 0 Å². The van der Waals surface area contributed by atoms with Crippen molar-refractivity contribution in [3.05, 3.63) is 24.3 Å². The second kappa shape index (κ2) is 34.9. The third-order valence-electron chi connectivity index (χ3n) is 8.55. The Morgan fingerprint density at radius 3 is 0.825 bits per heavy atom. The van der Waals surface area contributed by atoms with Crippen LogP contribution in [0.25, 0.3) is 0 Å². The van der Waals surface area contributed by atoms with Gasteiger partial charge in [-0.25, -0.2) is 0 Å². The molecule has 0 aromatic rings. The summed E-state index contributed by atoms with van der Waals surface area (Å²) >= 11 is 0. The van der Waals surface area contributed by atoms with Crippen LogP contribution in [-0.4, -0.2) is 31.7 Å². The van der Waals surface area contributed by atoms with Crippen LogP contribution in [0.3, 0.4) is 0 Å². The minimum Gasteiger partial charge on any atom is -1.00 e. The summed E-state index contributed by atoms with van der Waals surface area (Å²) in [6.07, 6.45) is 49.0. The molecule has 1 nitrogen and oxygen atoms in total. The minimum atomic E-state index is 0. The maximum absolute atomic E-state index is 2.45. The summed E-state index contributed by atoms with van der Waals surface area (Å²) in [7, 11) is 4.91. The Morgan fingerprint density at radius 1 is 0.325 bits per heavy atom. The summed E-state index contributed by atoms with van der Waals surface area (Å²) in [5.74, 6) is 0. The lowest BCUT2D eigenvalue weighted by Gasteiger charge is -2.30. The standard InChI is InChI=1S/C38H76N.ClH/c1-5-7-9-11-13-15-17-19-21-23-25-27-29-31-33-35-37-39(3,4)38-36-34-32-30-28-26-24-22-20-18-16-14-12-10-8-6-2;/h19-22H,5-18,23-38H2,1-4H3;1H/q+1;/p-1/b21-19+,22-20+;. The fraction of sp³-hybridized carbons (Fsp3) is 0.895. The molecule has 0 unspecified atom stereocenters. The van der Waals surface area contributed by atoms with Gasteiger partial charge in [-0.15, -0.1) is 0 Å². The van der Waals surface area contributed by atoms with E-state index in [1.807, 2.05) is 0 Å². The topological polar surface area (TPSA) is 0 Å². The Hall–Kier alpha value is -0.270. The molecule has 0 fully saturated rings. The molecule has 0 heterocycles. The number of hydrogen-bond acceptors (Lipinski definition) is 0. The lowest BCUT2D eigenvalue weighted by molar-refractivity contribution is -0.890. The van der Waals surface area contributed by atoms with Gasteiger partial charge in [0.25, 0.3) is 0 Å². The van der Waals surface area contributed by atoms with E-state index in [2.05, 4.69) is 52.2 Å². The van der Waals surface area contributed by atoms with Gasteiger partial charge in [0.15, 0.2) is 0 Å². The second-order valence-corrected chi connectivity index (χ2v) is 13.3. The van der Waals surface area contributed by atoms with E-state index in [4.69, 9.17) is 0 Å². The summed E-state index contributed by atoms with van der Waals surface area (Å²) in [5, 5.41) is 0. The van der Waals surface area contributed by atoms with Crippen LogP contribution in [0.2, 0.25) is 0 Å². The Balaban J connectivity index is 0. The first-order valence-corrected chi connectivity index (χ1v) is 18.2. The summed E-state index contributed by atoms with van der Waals surface area (Å²) in [6.45, 7) is 7.33. The normalized spacial score (nSPS) is 12.1. The third kappa shape index (κ3) is 35.8. The average Bonchev–Trinajstić information content (AvgIpc) is 2.92. The van der Waals surface area contributed by atoms with Gasteiger partial charge in [0.1, 0.15) is 0 Å². The maximum atomic E-state index is 2.45. The van der Waals surface area contributed by atoms with Gasteiger partial charge in [-0.05, 0) is 77.0 Å². The van der Waals surface area contributed by atoms with E-state index in [1.165, 1.54) is 197 Å². The van der Waals surface area contributed by atoms with E-state index in [9.17, 15) is 0 Å². The molecule has 240 valence electrons. The smallest absolute Gasteiger partial charge is 0.0782 e. The molecule has 0 rings (SSSR count). The zero-order chi connectivity index (χ0) is 28.5. The first-order valence-electron chi connectivity index (χ1n) is 18.2. The van der Waals surface area contributed by atoms with Crippen LogP contribution in [-0.2, 0) is 0 Å². The van der Waals surface area contributed by atoms with Crippen molar-refractivity contribution in [1.82, 2.24) is 0 Å². The van der Waals surface area contributed by atoms with E-state index >= 15 is 0 Å². The summed E-state index contributed by atoms with van der Waals surface area (Å²) in [4.78, 5) is 0. The molecule has 0 amide bonds. The Kier molecular flexibility index (Phi) is 36.6. The molecular weight excluding hydrogens is 506 g/mol. The van der Waals surface area contributed by atoms with Gasteiger partial charge in [-0.3, -0.25) is 0 Å². The Labute approximate surface area is 261 Å². The molecular formula is C38H76ClN. The third-order valence-corrected chi connectivity index (χ3v) is 8.55. The van der Waals surface area contributed by atoms with Gasteiger partial charge in [0, 0.05) is 0 Å². The Bertz CT molecular complexity index is 466. The molecule has 0 aliphatic carbocycles. The van der Waals surface area contributed by atoms with Gasteiger partial charge in [0.2, 0.25) is 0 Å². The van der Waals surface area contributed by atoms with Crippen molar-refractivity contribution in [2.24, 2.45) is 0 Å². The van der Waals surface area contributed by atoms with E-state index in [0.29, 0.717) is 0 Å². The predicted molar refractivity (Wildman–Crippen MR) is 181 cm³/mol. The number of rotatable bonds is 32. The highest BCUT2D eigenvalue weighted by Crippen LogP contribution is 2.14. The predicted octanol–water partition coefficient (Wildman–Crippen LogP) is 10.1. The van der Waals surface area contributed by atoms with Gasteiger partial charge in [-0.1, -0.05) is 141 Å². The summed E-state index contributed by atoms with van der Waals surface area (Å²) in [6, 6.07) is 0. The van der Waals surface area contributed by atoms with E-state index in [1.54, 1.807) is 0 Å². The highest BCUT2D eigenvalue weighted by molar-refractivity contribution is 4.82. The van der Waals surface area contributed by atoms with Crippen LogP contribution in [0.1, 0.15) is 194 Å².